The topological polar surface area (TPSA) is 183 Å². The highest BCUT2D eigenvalue weighted by molar-refractivity contribution is 7.13. The molecule has 2 aliphatic heterocycles. The lowest BCUT2D eigenvalue weighted by atomic mass is 10.0. The van der Waals surface area contributed by atoms with Gasteiger partial charge in [0.1, 0.15) is 25.5 Å². The highest BCUT2D eigenvalue weighted by Gasteiger charge is 2.61. The minimum Gasteiger partial charge on any atom is -0.477 e. The van der Waals surface area contributed by atoms with Crippen LogP contribution in [0, 0.1) is 5.92 Å². The van der Waals surface area contributed by atoms with Gasteiger partial charge in [0.15, 0.2) is 10.8 Å². The largest absolute Gasteiger partial charge is 0.477 e. The second-order valence-electron chi connectivity index (χ2n) is 6.26. The molecule has 3 rings (SSSR count). The fraction of sp³-hybridized carbons (Fsp3) is 0.467. The number of hydrogen-bond acceptors (Lipinski definition) is 11. The standard InChI is InChI=1S/C15H17N5O8S/c1-6-3-15(13(24)25,28-12(6)23)20-11(22)7(4-27-20)17-10(21)9(19-26-2)8-5-29-14(16)18-8/h5-7H,3-4H2,1-2H3,(H2,16,18)(H,17,21)(H,24,25)/b19-9-/t6?,7-,15?/m0/s1. The summed E-state index contributed by atoms with van der Waals surface area (Å²) in [5.41, 5.74) is 3.16. The van der Waals surface area contributed by atoms with E-state index in [-0.39, 0.29) is 29.6 Å². The number of aromatic nitrogens is 1. The predicted molar refractivity (Wildman–Crippen MR) is 95.0 cm³/mol. The minimum absolute atomic E-state index is 0.135. The van der Waals surface area contributed by atoms with Crippen molar-refractivity contribution in [2.45, 2.75) is 25.1 Å². The molecule has 2 fully saturated rings. The van der Waals surface area contributed by atoms with Crippen LogP contribution in [0.3, 0.4) is 0 Å². The molecule has 0 bridgehead atoms. The molecule has 0 aliphatic carbocycles. The van der Waals surface area contributed by atoms with Gasteiger partial charge in [-0.1, -0.05) is 12.1 Å². The van der Waals surface area contributed by atoms with E-state index in [1.807, 2.05) is 0 Å². The third kappa shape index (κ3) is 3.58. The second kappa shape index (κ2) is 7.63. The molecular weight excluding hydrogens is 410 g/mol. The number of cyclic esters (lactones) is 1. The van der Waals surface area contributed by atoms with Crippen molar-refractivity contribution in [2.24, 2.45) is 11.1 Å². The van der Waals surface area contributed by atoms with Crippen molar-refractivity contribution in [1.29, 1.82) is 0 Å². The molecule has 2 saturated heterocycles. The van der Waals surface area contributed by atoms with Crippen LogP contribution in [-0.2, 0) is 33.6 Å². The number of hydroxylamine groups is 2. The monoisotopic (exact) mass is 427 g/mol. The number of rotatable bonds is 6. The van der Waals surface area contributed by atoms with E-state index in [0.29, 0.717) is 5.06 Å². The fourth-order valence-electron chi connectivity index (χ4n) is 2.88. The number of nitrogen functional groups attached to an aromatic ring is 1. The first-order valence-electron chi connectivity index (χ1n) is 8.26. The molecule has 0 radical (unpaired) electrons. The van der Waals surface area contributed by atoms with Crippen molar-refractivity contribution in [1.82, 2.24) is 15.4 Å². The number of carbonyl (C=O) groups excluding carboxylic acids is 3. The third-order valence-corrected chi connectivity index (χ3v) is 4.93. The average Bonchev–Trinajstić information content (AvgIpc) is 3.32. The van der Waals surface area contributed by atoms with Crippen LogP contribution in [0.5, 0.6) is 0 Å². The molecular formula is C15H17N5O8S. The molecule has 3 heterocycles. The van der Waals surface area contributed by atoms with Crippen molar-refractivity contribution in [2.75, 3.05) is 19.5 Å². The van der Waals surface area contributed by atoms with E-state index < -0.39 is 41.4 Å². The van der Waals surface area contributed by atoms with Gasteiger partial charge in [0.05, 0.1) is 5.92 Å². The Morgan fingerprint density at radius 1 is 1.52 bits per heavy atom. The molecule has 0 aromatic carbocycles. The normalized spacial score (nSPS) is 27.1. The smallest absolute Gasteiger partial charge is 0.372 e. The van der Waals surface area contributed by atoms with Gasteiger partial charge in [0.2, 0.25) is 0 Å². The third-order valence-electron chi connectivity index (χ3n) is 4.25. The van der Waals surface area contributed by atoms with Gasteiger partial charge in [-0.05, 0) is 0 Å². The maximum atomic E-state index is 12.7. The first kappa shape index (κ1) is 20.5. The number of hydrogen-bond donors (Lipinski definition) is 3. The highest BCUT2D eigenvalue weighted by atomic mass is 32.1. The number of nitrogens with two attached hydrogens (primary N) is 1. The van der Waals surface area contributed by atoms with E-state index >= 15 is 0 Å². The van der Waals surface area contributed by atoms with E-state index in [0.717, 1.165) is 11.3 Å². The maximum absolute atomic E-state index is 12.7. The van der Waals surface area contributed by atoms with Gasteiger partial charge >= 0.3 is 17.7 Å². The fourth-order valence-corrected chi connectivity index (χ4v) is 3.43. The van der Waals surface area contributed by atoms with Gasteiger partial charge in [-0.15, -0.1) is 11.3 Å². The predicted octanol–water partition coefficient (Wildman–Crippen LogP) is -1.30. The number of nitrogens with zero attached hydrogens (tertiary/aromatic N) is 3. The summed E-state index contributed by atoms with van der Waals surface area (Å²) in [6.07, 6.45) is -0.290. The number of anilines is 1. The zero-order chi connectivity index (χ0) is 21.3. The van der Waals surface area contributed by atoms with E-state index in [4.69, 9.17) is 15.3 Å². The zero-order valence-corrected chi connectivity index (χ0v) is 16.1. The molecule has 14 heteroatoms. The summed E-state index contributed by atoms with van der Waals surface area (Å²) < 4.78 is 4.95. The number of carboxylic acid groups (broad SMARTS) is 1. The first-order chi connectivity index (χ1) is 13.7. The number of ether oxygens (including phenoxy) is 1. The van der Waals surface area contributed by atoms with Crippen LogP contribution in [0.4, 0.5) is 5.13 Å². The number of oxime groups is 1. The van der Waals surface area contributed by atoms with Crippen molar-refractivity contribution in [3.8, 4) is 0 Å². The molecule has 0 saturated carbocycles. The molecule has 3 atom stereocenters. The summed E-state index contributed by atoms with van der Waals surface area (Å²) in [7, 11) is 1.22. The van der Waals surface area contributed by atoms with Crippen LogP contribution in [-0.4, -0.2) is 70.1 Å². The van der Waals surface area contributed by atoms with E-state index in [2.05, 4.69) is 20.3 Å². The Morgan fingerprint density at radius 3 is 2.76 bits per heavy atom. The highest BCUT2D eigenvalue weighted by Crippen LogP contribution is 2.37. The molecule has 0 spiro atoms. The van der Waals surface area contributed by atoms with Gasteiger partial charge < -0.3 is 25.7 Å². The number of carbonyl (C=O) groups is 4. The van der Waals surface area contributed by atoms with Crippen LogP contribution in [0.1, 0.15) is 19.0 Å². The van der Waals surface area contributed by atoms with Gasteiger partial charge in [-0.2, -0.15) is 5.06 Å². The van der Waals surface area contributed by atoms with Gasteiger partial charge in [0.25, 0.3) is 11.8 Å². The molecule has 4 N–H and O–H groups in total. The summed E-state index contributed by atoms with van der Waals surface area (Å²) in [5.74, 6) is -4.78. The maximum Gasteiger partial charge on any atom is 0.372 e. The van der Waals surface area contributed by atoms with Crippen LogP contribution in [0.2, 0.25) is 0 Å². The molecule has 29 heavy (non-hydrogen) atoms. The van der Waals surface area contributed by atoms with Crippen LogP contribution < -0.4 is 11.1 Å². The first-order valence-corrected chi connectivity index (χ1v) is 9.14. The Morgan fingerprint density at radius 2 is 2.24 bits per heavy atom. The van der Waals surface area contributed by atoms with Crippen molar-refractivity contribution >= 4 is 45.9 Å². The number of esters is 1. The SMILES string of the molecule is CO/N=C(\C(=O)N[C@H]1CON(C2(C(=O)O)CC(C)C(=O)O2)C1=O)c1csc(N)n1. The van der Waals surface area contributed by atoms with Crippen LogP contribution in [0.15, 0.2) is 10.5 Å². The number of carboxylic acids is 1. The Labute approximate surface area is 167 Å². The van der Waals surface area contributed by atoms with Gasteiger partial charge in [-0.3, -0.25) is 19.2 Å². The van der Waals surface area contributed by atoms with Crippen LogP contribution >= 0.6 is 11.3 Å². The van der Waals surface area contributed by atoms with E-state index in [9.17, 15) is 24.3 Å². The molecule has 13 nitrogen and oxygen atoms in total. The summed E-state index contributed by atoms with van der Waals surface area (Å²) in [6.45, 7) is 1.10. The number of amides is 2. The van der Waals surface area contributed by atoms with E-state index in [1.165, 1.54) is 19.4 Å². The lowest BCUT2D eigenvalue weighted by molar-refractivity contribution is -0.256. The summed E-state index contributed by atoms with van der Waals surface area (Å²) in [6, 6.07) is -1.24. The molecule has 2 aliphatic rings. The molecule has 1 aromatic rings. The second-order valence-corrected chi connectivity index (χ2v) is 7.15. The summed E-state index contributed by atoms with van der Waals surface area (Å²) in [5, 5.41) is 17.7. The molecule has 2 amide bonds. The van der Waals surface area contributed by atoms with Crippen molar-refractivity contribution in [3.05, 3.63) is 11.1 Å². The Balaban J connectivity index is 1.77. The zero-order valence-electron chi connectivity index (χ0n) is 15.3. The Hall–Kier alpha value is -3.26. The summed E-state index contributed by atoms with van der Waals surface area (Å²) in [4.78, 5) is 62.5. The Bertz CT molecular complexity index is 901. The van der Waals surface area contributed by atoms with E-state index in [1.54, 1.807) is 0 Å². The lowest BCUT2D eigenvalue weighted by Gasteiger charge is -2.30. The number of aliphatic carboxylic acids is 1. The van der Waals surface area contributed by atoms with Crippen molar-refractivity contribution < 1.29 is 38.7 Å². The van der Waals surface area contributed by atoms with Gasteiger partial charge in [0, 0.05) is 11.8 Å². The van der Waals surface area contributed by atoms with Crippen molar-refractivity contribution in [3.63, 3.8) is 0 Å². The lowest BCUT2D eigenvalue weighted by Crippen LogP contribution is -2.57. The van der Waals surface area contributed by atoms with Crippen LogP contribution in [0.25, 0.3) is 0 Å². The van der Waals surface area contributed by atoms with Gasteiger partial charge in [-0.25, -0.2) is 9.78 Å². The molecule has 1 aromatic heterocycles. The number of thiazole rings is 1. The molecule has 156 valence electrons. The number of nitrogens with one attached hydrogen (secondary N) is 1. The quantitative estimate of drug-likeness (QED) is 0.280. The minimum atomic E-state index is -2.29. The Kier molecular flexibility index (Phi) is 5.39. The summed E-state index contributed by atoms with van der Waals surface area (Å²) >= 11 is 1.08. The molecule has 2 unspecified atom stereocenters. The average molecular weight is 427 g/mol.